The fourth-order valence-corrected chi connectivity index (χ4v) is 1.50. The van der Waals surface area contributed by atoms with Crippen molar-refractivity contribution in [3.63, 3.8) is 0 Å². The van der Waals surface area contributed by atoms with Crippen molar-refractivity contribution in [1.29, 1.82) is 0 Å². The average Bonchev–Trinajstić information content (AvgIpc) is 2.28. The molecule has 0 spiro atoms. The third-order valence-corrected chi connectivity index (χ3v) is 2.47. The number of hydrogen-bond donors (Lipinski definition) is 1. The van der Waals surface area contributed by atoms with Gasteiger partial charge in [-0.1, -0.05) is 17.7 Å². The van der Waals surface area contributed by atoms with Gasteiger partial charge in [0.25, 0.3) is 5.91 Å². The number of amides is 1. The molecule has 0 aliphatic rings. The second kappa shape index (κ2) is 5.63. The number of likely N-dealkylation sites (N-methyl/N-ethyl adjacent to an activating group) is 1. The summed E-state index contributed by atoms with van der Waals surface area (Å²) in [4.78, 5) is 23.4. The SMILES string of the molecule is CCN(CC(=O)O)C(=O)c1cccc(Cl)c1F. The zero-order chi connectivity index (χ0) is 13.0. The van der Waals surface area contributed by atoms with E-state index >= 15 is 0 Å². The van der Waals surface area contributed by atoms with E-state index in [1.165, 1.54) is 18.2 Å². The van der Waals surface area contributed by atoms with Crippen LogP contribution in [0.3, 0.4) is 0 Å². The van der Waals surface area contributed by atoms with E-state index in [9.17, 15) is 14.0 Å². The highest BCUT2D eigenvalue weighted by molar-refractivity contribution is 6.31. The van der Waals surface area contributed by atoms with Gasteiger partial charge in [0.05, 0.1) is 10.6 Å². The minimum atomic E-state index is -1.15. The quantitative estimate of drug-likeness (QED) is 0.900. The van der Waals surface area contributed by atoms with Gasteiger partial charge in [0.2, 0.25) is 0 Å². The molecule has 6 heteroatoms. The third-order valence-electron chi connectivity index (χ3n) is 2.18. The molecule has 17 heavy (non-hydrogen) atoms. The first-order chi connectivity index (χ1) is 7.97. The number of rotatable bonds is 4. The first-order valence-electron chi connectivity index (χ1n) is 4.92. The van der Waals surface area contributed by atoms with Gasteiger partial charge in [-0.25, -0.2) is 4.39 Å². The Morgan fingerprint density at radius 1 is 1.47 bits per heavy atom. The lowest BCUT2D eigenvalue weighted by Crippen LogP contribution is -2.35. The molecular formula is C11H11ClFNO3. The van der Waals surface area contributed by atoms with Gasteiger partial charge in [-0.15, -0.1) is 0 Å². The molecule has 0 aromatic heterocycles. The summed E-state index contributed by atoms with van der Waals surface area (Å²) in [5.41, 5.74) is -0.222. The number of hydrogen-bond acceptors (Lipinski definition) is 2. The zero-order valence-electron chi connectivity index (χ0n) is 9.11. The number of nitrogens with zero attached hydrogens (tertiary/aromatic N) is 1. The average molecular weight is 260 g/mol. The van der Waals surface area contributed by atoms with E-state index in [2.05, 4.69) is 0 Å². The summed E-state index contributed by atoms with van der Waals surface area (Å²) in [5, 5.41) is 8.46. The van der Waals surface area contributed by atoms with Crippen molar-refractivity contribution < 1.29 is 19.1 Å². The lowest BCUT2D eigenvalue weighted by atomic mass is 10.2. The van der Waals surface area contributed by atoms with Crippen LogP contribution in [0, 0.1) is 5.82 Å². The summed E-state index contributed by atoms with van der Waals surface area (Å²) in [6.45, 7) is 1.32. The highest BCUT2D eigenvalue weighted by Gasteiger charge is 2.21. The van der Waals surface area contributed by atoms with Crippen molar-refractivity contribution in [2.24, 2.45) is 0 Å². The molecular weight excluding hydrogens is 249 g/mol. The normalized spacial score (nSPS) is 10.1. The van der Waals surface area contributed by atoms with E-state index in [1.54, 1.807) is 6.92 Å². The molecule has 0 aliphatic carbocycles. The largest absolute Gasteiger partial charge is 0.480 e. The first-order valence-corrected chi connectivity index (χ1v) is 5.30. The van der Waals surface area contributed by atoms with Crippen LogP contribution in [-0.4, -0.2) is 35.0 Å². The molecule has 0 radical (unpaired) electrons. The molecule has 0 atom stereocenters. The van der Waals surface area contributed by atoms with Crippen molar-refractivity contribution in [2.45, 2.75) is 6.92 Å². The summed E-state index contributed by atoms with van der Waals surface area (Å²) in [6, 6.07) is 4.03. The Labute approximate surface area is 103 Å². The predicted octanol–water partition coefficient (Wildman–Crippen LogP) is 2.03. The number of halogens is 2. The molecule has 1 amide bonds. The Kier molecular flexibility index (Phi) is 4.45. The van der Waals surface area contributed by atoms with Crippen LogP contribution in [-0.2, 0) is 4.79 Å². The highest BCUT2D eigenvalue weighted by Crippen LogP contribution is 2.19. The Balaban J connectivity index is 3.02. The number of carbonyl (C=O) groups is 2. The topological polar surface area (TPSA) is 57.6 Å². The van der Waals surface area contributed by atoms with Gasteiger partial charge in [-0.2, -0.15) is 0 Å². The molecule has 0 aliphatic heterocycles. The first kappa shape index (κ1) is 13.4. The summed E-state index contributed by atoms with van der Waals surface area (Å²) in [5.74, 6) is -2.67. The molecule has 0 unspecified atom stereocenters. The fourth-order valence-electron chi connectivity index (χ4n) is 1.33. The molecule has 0 heterocycles. The maximum atomic E-state index is 13.6. The highest BCUT2D eigenvalue weighted by atomic mass is 35.5. The van der Waals surface area contributed by atoms with Crippen LogP contribution in [0.4, 0.5) is 4.39 Å². The van der Waals surface area contributed by atoms with Crippen LogP contribution >= 0.6 is 11.6 Å². The molecule has 0 bridgehead atoms. The van der Waals surface area contributed by atoms with E-state index in [0.29, 0.717) is 0 Å². The second-order valence-electron chi connectivity index (χ2n) is 3.31. The van der Waals surface area contributed by atoms with Gasteiger partial charge >= 0.3 is 5.97 Å². The molecule has 1 aromatic rings. The van der Waals surface area contributed by atoms with E-state index in [-0.39, 0.29) is 17.1 Å². The van der Waals surface area contributed by atoms with Crippen molar-refractivity contribution in [3.8, 4) is 0 Å². The van der Waals surface area contributed by atoms with Crippen LogP contribution in [0.15, 0.2) is 18.2 Å². The maximum Gasteiger partial charge on any atom is 0.323 e. The second-order valence-corrected chi connectivity index (χ2v) is 3.72. The Morgan fingerprint density at radius 3 is 2.65 bits per heavy atom. The van der Waals surface area contributed by atoms with Crippen LogP contribution in [0.25, 0.3) is 0 Å². The number of aliphatic carboxylic acids is 1. The van der Waals surface area contributed by atoms with Crippen molar-refractivity contribution in [3.05, 3.63) is 34.6 Å². The Bertz CT molecular complexity index is 450. The lowest BCUT2D eigenvalue weighted by molar-refractivity contribution is -0.137. The molecule has 1 N–H and O–H groups in total. The summed E-state index contributed by atoms with van der Waals surface area (Å²) >= 11 is 5.55. The van der Waals surface area contributed by atoms with Gasteiger partial charge in [0.15, 0.2) is 5.82 Å². The summed E-state index contributed by atoms with van der Waals surface area (Å²) in [6.07, 6.45) is 0. The van der Waals surface area contributed by atoms with Gasteiger partial charge in [-0.3, -0.25) is 9.59 Å². The predicted molar refractivity (Wildman–Crippen MR) is 60.6 cm³/mol. The minimum absolute atomic E-state index is 0.165. The van der Waals surface area contributed by atoms with Crippen molar-refractivity contribution in [1.82, 2.24) is 4.90 Å². The molecule has 4 nitrogen and oxygen atoms in total. The summed E-state index contributed by atoms with van der Waals surface area (Å²) < 4.78 is 13.6. The monoisotopic (exact) mass is 259 g/mol. The van der Waals surface area contributed by atoms with E-state index in [4.69, 9.17) is 16.7 Å². The molecule has 1 rings (SSSR count). The van der Waals surface area contributed by atoms with Gasteiger partial charge in [-0.05, 0) is 19.1 Å². The summed E-state index contributed by atoms with van der Waals surface area (Å²) in [7, 11) is 0. The lowest BCUT2D eigenvalue weighted by Gasteiger charge is -2.18. The van der Waals surface area contributed by atoms with Gasteiger partial charge < -0.3 is 10.0 Å². The van der Waals surface area contributed by atoms with E-state index < -0.39 is 24.2 Å². The molecule has 0 fully saturated rings. The van der Waals surface area contributed by atoms with Crippen LogP contribution in [0.5, 0.6) is 0 Å². The number of carbonyl (C=O) groups excluding carboxylic acids is 1. The molecule has 1 aromatic carbocycles. The van der Waals surface area contributed by atoms with Crippen molar-refractivity contribution in [2.75, 3.05) is 13.1 Å². The third kappa shape index (κ3) is 3.17. The fraction of sp³-hybridized carbons (Fsp3) is 0.273. The molecule has 92 valence electrons. The molecule has 0 saturated carbocycles. The maximum absolute atomic E-state index is 13.6. The van der Waals surface area contributed by atoms with Crippen molar-refractivity contribution >= 4 is 23.5 Å². The number of benzene rings is 1. The van der Waals surface area contributed by atoms with E-state index in [1.807, 2.05) is 0 Å². The standard InChI is InChI=1S/C11H11ClFNO3/c1-2-14(6-9(15)16)11(17)7-4-3-5-8(12)10(7)13/h3-5H,2,6H2,1H3,(H,15,16). The number of carboxylic acid groups (broad SMARTS) is 1. The van der Waals surface area contributed by atoms with Crippen LogP contribution in [0.1, 0.15) is 17.3 Å². The molecule has 0 saturated heterocycles. The zero-order valence-corrected chi connectivity index (χ0v) is 9.87. The number of carboxylic acids is 1. The van der Waals surface area contributed by atoms with Crippen LogP contribution < -0.4 is 0 Å². The van der Waals surface area contributed by atoms with E-state index in [0.717, 1.165) is 4.90 Å². The Hall–Kier alpha value is -1.62. The minimum Gasteiger partial charge on any atom is -0.480 e. The van der Waals surface area contributed by atoms with Gasteiger partial charge in [0, 0.05) is 6.54 Å². The smallest absolute Gasteiger partial charge is 0.323 e. The Morgan fingerprint density at radius 2 is 2.12 bits per heavy atom. The van der Waals surface area contributed by atoms with Crippen LogP contribution in [0.2, 0.25) is 5.02 Å². The van der Waals surface area contributed by atoms with Gasteiger partial charge in [0.1, 0.15) is 6.54 Å².